The van der Waals surface area contributed by atoms with Crippen LogP contribution in [0.3, 0.4) is 0 Å². The molecule has 1 unspecified atom stereocenters. The number of rotatable bonds is 4. The lowest BCUT2D eigenvalue weighted by molar-refractivity contribution is -0.146. The van der Waals surface area contributed by atoms with Crippen molar-refractivity contribution in [3.05, 3.63) is 17.0 Å². The second kappa shape index (κ2) is 5.78. The van der Waals surface area contributed by atoms with Crippen molar-refractivity contribution in [2.45, 2.75) is 31.2 Å². The van der Waals surface area contributed by atoms with Crippen molar-refractivity contribution < 1.29 is 23.4 Å². The zero-order valence-corrected chi connectivity index (χ0v) is 12.0. The first-order chi connectivity index (χ1) is 9.75. The van der Waals surface area contributed by atoms with E-state index in [0.29, 0.717) is 20.7 Å². The van der Waals surface area contributed by atoms with Crippen LogP contribution >= 0.6 is 11.8 Å². The molecule has 0 fully saturated rings. The molecule has 1 atom stereocenters. The summed E-state index contributed by atoms with van der Waals surface area (Å²) >= 11 is 1.07. The van der Waals surface area contributed by atoms with E-state index in [1.807, 2.05) is 0 Å². The van der Waals surface area contributed by atoms with Gasteiger partial charge in [0.25, 0.3) is 5.82 Å². The van der Waals surface area contributed by atoms with Gasteiger partial charge < -0.3 is 10.2 Å². The average molecular weight is 322 g/mol. The summed E-state index contributed by atoms with van der Waals surface area (Å²) < 4.78 is 39.2. The van der Waals surface area contributed by atoms with Gasteiger partial charge in [0.05, 0.1) is 12.7 Å². The molecule has 116 valence electrons. The lowest BCUT2D eigenvalue weighted by Gasteiger charge is -2.11. The van der Waals surface area contributed by atoms with Gasteiger partial charge in [-0.1, -0.05) is 0 Å². The highest BCUT2D eigenvalue weighted by Crippen LogP contribution is 2.30. The first kappa shape index (κ1) is 16.0. The van der Waals surface area contributed by atoms with Crippen LogP contribution in [-0.4, -0.2) is 48.5 Å². The largest absolute Gasteiger partial charge is 0.453 e. The van der Waals surface area contributed by atoms with Crippen LogP contribution in [0.25, 0.3) is 5.65 Å². The summed E-state index contributed by atoms with van der Waals surface area (Å²) in [6.07, 6.45) is -5.61. The van der Waals surface area contributed by atoms with E-state index < -0.39 is 24.7 Å². The fraction of sp³-hybridized carbons (Fsp3) is 0.545. The first-order valence-corrected chi connectivity index (χ1v) is 6.95. The maximum absolute atomic E-state index is 12.8. The monoisotopic (exact) mass is 322 g/mol. The first-order valence-electron chi connectivity index (χ1n) is 5.97. The molecule has 0 aromatic carbocycles. The van der Waals surface area contributed by atoms with Gasteiger partial charge in [0, 0.05) is 11.3 Å². The van der Waals surface area contributed by atoms with E-state index in [-0.39, 0.29) is 11.4 Å². The van der Waals surface area contributed by atoms with Gasteiger partial charge in [0.1, 0.15) is 5.03 Å². The predicted octanol–water partition coefficient (Wildman–Crippen LogP) is 1.21. The average Bonchev–Trinajstić information content (AvgIpc) is 2.84. The molecule has 0 saturated heterocycles. The summed E-state index contributed by atoms with van der Waals surface area (Å²) in [7, 11) is 0. The zero-order chi connectivity index (χ0) is 15.8. The number of thioether (sulfide) groups is 1. The number of hydrogen-bond donors (Lipinski definition) is 2. The Morgan fingerprint density at radius 1 is 1.24 bits per heavy atom. The van der Waals surface area contributed by atoms with Gasteiger partial charge >= 0.3 is 6.18 Å². The summed E-state index contributed by atoms with van der Waals surface area (Å²) in [5.41, 5.74) is 1.25. The summed E-state index contributed by atoms with van der Waals surface area (Å²) in [6.45, 7) is 2.92. The van der Waals surface area contributed by atoms with E-state index >= 15 is 0 Å². The van der Waals surface area contributed by atoms with Crippen LogP contribution in [0.2, 0.25) is 0 Å². The van der Waals surface area contributed by atoms with E-state index in [1.54, 1.807) is 13.8 Å². The number of halogens is 3. The molecular weight excluding hydrogens is 309 g/mol. The number of aryl methyl sites for hydroxylation is 1. The molecule has 21 heavy (non-hydrogen) atoms. The third-order valence-electron chi connectivity index (χ3n) is 2.93. The molecule has 0 radical (unpaired) electrons. The van der Waals surface area contributed by atoms with Gasteiger partial charge in [-0.3, -0.25) is 0 Å². The van der Waals surface area contributed by atoms with Crippen molar-refractivity contribution in [1.82, 2.24) is 19.8 Å². The van der Waals surface area contributed by atoms with Crippen molar-refractivity contribution in [1.29, 1.82) is 0 Å². The molecule has 0 bridgehead atoms. The molecule has 0 saturated carbocycles. The van der Waals surface area contributed by atoms with Crippen LogP contribution in [0.4, 0.5) is 13.2 Å². The van der Waals surface area contributed by atoms with E-state index in [0.717, 1.165) is 11.8 Å². The zero-order valence-electron chi connectivity index (χ0n) is 11.2. The maximum atomic E-state index is 12.8. The van der Waals surface area contributed by atoms with E-state index in [4.69, 9.17) is 5.11 Å². The maximum Gasteiger partial charge on any atom is 0.453 e. The number of nitrogens with zero attached hydrogens (tertiary/aromatic N) is 4. The van der Waals surface area contributed by atoms with Crippen molar-refractivity contribution in [3.63, 3.8) is 0 Å². The highest BCUT2D eigenvalue weighted by Gasteiger charge is 2.38. The van der Waals surface area contributed by atoms with Crippen LogP contribution in [0, 0.1) is 13.8 Å². The highest BCUT2D eigenvalue weighted by atomic mass is 32.2. The fourth-order valence-electron chi connectivity index (χ4n) is 1.64. The number of aromatic nitrogens is 4. The lowest BCUT2D eigenvalue weighted by atomic mass is 10.2. The molecule has 2 rings (SSSR count). The third-order valence-corrected chi connectivity index (χ3v) is 4.14. The van der Waals surface area contributed by atoms with Gasteiger partial charge in [0.15, 0.2) is 5.65 Å². The standard InChI is InChI=1S/C11H13F3N4O2S/c1-5-6(2)9(21-4-7(20)3-19)17-18-8(5)15-16-10(18)11(12,13)14/h7,19-20H,3-4H2,1-2H3. The number of aliphatic hydroxyl groups is 2. The van der Waals surface area contributed by atoms with Crippen molar-refractivity contribution in [2.75, 3.05) is 12.4 Å². The van der Waals surface area contributed by atoms with Crippen LogP contribution in [0.1, 0.15) is 17.0 Å². The minimum Gasteiger partial charge on any atom is -0.394 e. The fourth-order valence-corrected chi connectivity index (χ4v) is 2.61. The summed E-state index contributed by atoms with van der Waals surface area (Å²) in [4.78, 5) is 0. The van der Waals surface area contributed by atoms with Gasteiger partial charge in [-0.25, -0.2) is 0 Å². The summed E-state index contributed by atoms with van der Waals surface area (Å²) in [6, 6.07) is 0. The Bertz CT molecular complexity index is 659. The van der Waals surface area contributed by atoms with Gasteiger partial charge in [-0.05, 0) is 19.4 Å². The number of fused-ring (bicyclic) bond motifs is 1. The van der Waals surface area contributed by atoms with Crippen LogP contribution < -0.4 is 0 Å². The molecule has 2 heterocycles. The van der Waals surface area contributed by atoms with Gasteiger partial charge in [-0.2, -0.15) is 22.8 Å². The Morgan fingerprint density at radius 2 is 1.90 bits per heavy atom. The van der Waals surface area contributed by atoms with Crippen molar-refractivity contribution in [2.24, 2.45) is 0 Å². The van der Waals surface area contributed by atoms with Gasteiger partial charge in [0.2, 0.25) is 0 Å². The topological polar surface area (TPSA) is 83.5 Å². The second-order valence-corrected chi connectivity index (χ2v) is 5.47. The van der Waals surface area contributed by atoms with Crippen LogP contribution in [0.15, 0.2) is 5.03 Å². The highest BCUT2D eigenvalue weighted by molar-refractivity contribution is 7.99. The Kier molecular flexibility index (Phi) is 4.40. The van der Waals surface area contributed by atoms with Crippen LogP contribution in [-0.2, 0) is 6.18 Å². The number of alkyl halides is 3. The van der Waals surface area contributed by atoms with Crippen molar-refractivity contribution >= 4 is 17.4 Å². The Morgan fingerprint density at radius 3 is 2.48 bits per heavy atom. The molecule has 2 aromatic rings. The molecule has 0 amide bonds. The molecule has 0 aliphatic rings. The van der Waals surface area contributed by atoms with E-state index in [9.17, 15) is 18.3 Å². The van der Waals surface area contributed by atoms with Gasteiger partial charge in [-0.15, -0.1) is 22.0 Å². The second-order valence-electron chi connectivity index (χ2n) is 4.46. The molecular formula is C11H13F3N4O2S. The Balaban J connectivity index is 2.49. The molecule has 0 aliphatic heterocycles. The molecule has 0 aliphatic carbocycles. The van der Waals surface area contributed by atoms with E-state index in [1.165, 1.54) is 0 Å². The summed E-state index contributed by atoms with van der Waals surface area (Å²) in [5, 5.41) is 29.0. The minimum absolute atomic E-state index is 0.0480. The Labute approximate surface area is 122 Å². The normalized spacial score (nSPS) is 13.9. The smallest absolute Gasteiger partial charge is 0.394 e. The molecule has 6 nitrogen and oxygen atoms in total. The summed E-state index contributed by atoms with van der Waals surface area (Å²) in [5.74, 6) is -1.07. The van der Waals surface area contributed by atoms with Crippen LogP contribution in [0.5, 0.6) is 0 Å². The van der Waals surface area contributed by atoms with Crippen molar-refractivity contribution in [3.8, 4) is 0 Å². The SMILES string of the molecule is Cc1c(SCC(O)CO)nn2c(C(F)(F)F)nnc2c1C. The minimum atomic E-state index is -4.65. The number of hydrogen-bond acceptors (Lipinski definition) is 6. The quantitative estimate of drug-likeness (QED) is 0.823. The predicted molar refractivity (Wildman–Crippen MR) is 69.1 cm³/mol. The number of aliphatic hydroxyl groups excluding tert-OH is 2. The molecule has 10 heteroatoms. The molecule has 2 N–H and O–H groups in total. The molecule has 0 spiro atoms. The third kappa shape index (κ3) is 3.11. The Hall–Kier alpha value is -1.39. The molecule has 2 aromatic heterocycles. The van der Waals surface area contributed by atoms with E-state index in [2.05, 4.69) is 15.3 Å². The lowest BCUT2D eigenvalue weighted by Crippen LogP contribution is -2.16.